The van der Waals surface area contributed by atoms with Gasteiger partial charge in [-0.1, -0.05) is 138 Å². The van der Waals surface area contributed by atoms with E-state index in [1.165, 1.54) is 102 Å². The smallest absolute Gasteiger partial charge is 0.0334 e. The van der Waals surface area contributed by atoms with Gasteiger partial charge < -0.3 is 0 Å². The Morgan fingerprint density at radius 3 is 1.39 bits per heavy atom. The monoisotopic (exact) mass is 592 g/mol. The van der Waals surface area contributed by atoms with Crippen LogP contribution < -0.4 is 0 Å². The minimum Gasteiger partial charge on any atom is -0.0654 e. The third kappa shape index (κ3) is 6.25. The lowest BCUT2D eigenvalue weighted by Crippen LogP contribution is -1.92. The van der Waals surface area contributed by atoms with Gasteiger partial charge in [0.2, 0.25) is 0 Å². The molecule has 0 spiro atoms. The van der Waals surface area contributed by atoms with E-state index in [9.17, 15) is 0 Å². The van der Waals surface area contributed by atoms with Crippen LogP contribution in [-0.2, 0) is 6.42 Å². The van der Waals surface area contributed by atoms with Crippen molar-refractivity contribution in [2.75, 3.05) is 0 Å². The summed E-state index contributed by atoms with van der Waals surface area (Å²) in [5, 5.41) is 13.8. The summed E-state index contributed by atoms with van der Waals surface area (Å²) >= 11 is 0. The number of aryl methyl sites for hydroxylation is 1. The first-order valence-corrected chi connectivity index (χ1v) is 17.3. The zero-order valence-corrected chi connectivity index (χ0v) is 26.9. The Labute approximate surface area is 274 Å². The molecule has 0 radical (unpaired) electrons. The van der Waals surface area contributed by atoms with Crippen LogP contribution in [0, 0.1) is 36.4 Å². The van der Waals surface area contributed by atoms with Crippen LogP contribution in [-0.4, -0.2) is 0 Å². The quantitative estimate of drug-likeness (QED) is 0.104. The first-order chi connectivity index (χ1) is 22.8. The lowest BCUT2D eigenvalue weighted by molar-refractivity contribution is 0.557. The summed E-state index contributed by atoms with van der Waals surface area (Å²) in [7, 11) is 0. The minimum absolute atomic E-state index is 0.993. The van der Waals surface area contributed by atoms with Gasteiger partial charge in [0.25, 0.3) is 0 Å². The molecule has 0 aliphatic heterocycles. The average molecular weight is 593 g/mol. The first-order valence-electron chi connectivity index (χ1n) is 17.3. The number of hydrogen-bond donors (Lipinski definition) is 0. The summed E-state index contributed by atoms with van der Waals surface area (Å²) in [6.45, 7) is 2.29. The Morgan fingerprint density at radius 2 is 0.826 bits per heavy atom. The highest BCUT2D eigenvalue weighted by atomic mass is 14.1. The van der Waals surface area contributed by atoms with E-state index in [1.807, 2.05) is 0 Å². The minimum atomic E-state index is 0.993. The molecule has 0 N–H and O–H groups in total. The van der Waals surface area contributed by atoms with Gasteiger partial charge in [0, 0.05) is 21.5 Å². The highest BCUT2D eigenvalue weighted by Crippen LogP contribution is 2.34. The highest BCUT2D eigenvalue weighted by Gasteiger charge is 2.10. The van der Waals surface area contributed by atoms with Crippen LogP contribution >= 0.6 is 0 Å². The Hall–Kier alpha value is -4.96. The molecule has 0 heterocycles. The molecule has 0 atom stereocenters. The molecule has 0 amide bonds. The zero-order chi connectivity index (χ0) is 31.1. The molecule has 0 unspecified atom stereocenters. The predicted molar refractivity (Wildman–Crippen MR) is 198 cm³/mol. The molecule has 0 saturated heterocycles. The summed E-state index contributed by atoms with van der Waals surface area (Å²) < 4.78 is 0. The van der Waals surface area contributed by atoms with Crippen LogP contribution in [0.15, 0.2) is 91.0 Å². The molecule has 0 saturated carbocycles. The molecule has 4 bridgehead atoms. The summed E-state index contributed by atoms with van der Waals surface area (Å²) in [6.07, 6.45) is 14.5. The molecule has 0 nitrogen and oxygen atoms in total. The second-order valence-electron chi connectivity index (χ2n) is 12.7. The third-order valence-corrected chi connectivity index (χ3v) is 9.60. The lowest BCUT2D eigenvalue weighted by atomic mass is 9.91. The third-order valence-electron chi connectivity index (χ3n) is 9.60. The van der Waals surface area contributed by atoms with E-state index in [2.05, 4.69) is 134 Å². The van der Waals surface area contributed by atoms with E-state index in [1.54, 1.807) is 0 Å². The van der Waals surface area contributed by atoms with E-state index in [0.29, 0.717) is 0 Å². The summed E-state index contributed by atoms with van der Waals surface area (Å²) in [5.41, 5.74) is 1.42. The molecule has 0 aliphatic rings. The van der Waals surface area contributed by atoms with Crippen molar-refractivity contribution < 1.29 is 0 Å². The number of hydrogen-bond acceptors (Lipinski definition) is 0. The fourth-order valence-corrected chi connectivity index (χ4v) is 7.14. The van der Waals surface area contributed by atoms with Crippen LogP contribution in [0.2, 0.25) is 0 Å². The van der Waals surface area contributed by atoms with E-state index in [4.69, 9.17) is 0 Å². The van der Waals surface area contributed by atoms with Gasteiger partial charge in [-0.3, -0.25) is 0 Å². The molecule has 0 aromatic heterocycles. The van der Waals surface area contributed by atoms with Crippen LogP contribution in [0.5, 0.6) is 0 Å². The number of rotatable bonds is 11. The van der Waals surface area contributed by atoms with Gasteiger partial charge in [-0.25, -0.2) is 0 Å². The Balaban J connectivity index is 1.33. The fraction of sp³-hybridized carbons (Fsp3) is 0.261. The van der Waals surface area contributed by atoms with Gasteiger partial charge in [0.15, 0.2) is 0 Å². The maximum Gasteiger partial charge on any atom is 0.0334 e. The highest BCUT2D eigenvalue weighted by molar-refractivity contribution is 6.13. The first kappa shape index (κ1) is 29.7. The number of unbranched alkanes of at least 4 members (excludes halogenated alkanes) is 9. The van der Waals surface area contributed by atoms with Crippen molar-refractivity contribution in [1.29, 1.82) is 0 Å². The van der Waals surface area contributed by atoms with Crippen molar-refractivity contribution in [2.24, 2.45) is 0 Å². The lowest BCUT2D eigenvalue weighted by Gasteiger charge is -2.13. The normalized spacial score (nSPS) is 11.2. The molecule has 7 aromatic rings. The fourth-order valence-electron chi connectivity index (χ4n) is 7.14. The van der Waals surface area contributed by atoms with Crippen molar-refractivity contribution in [2.45, 2.75) is 77.6 Å². The van der Waals surface area contributed by atoms with Crippen molar-refractivity contribution in [3.63, 3.8) is 0 Å². The van der Waals surface area contributed by atoms with E-state index >= 15 is 0 Å². The predicted octanol–water partition coefficient (Wildman–Crippen LogP) is 13.0. The molecule has 0 aliphatic carbocycles. The maximum absolute atomic E-state index is 3.61. The van der Waals surface area contributed by atoms with Crippen molar-refractivity contribution >= 4 is 64.6 Å². The van der Waals surface area contributed by atoms with Crippen LogP contribution in [0.25, 0.3) is 64.6 Å². The largest absolute Gasteiger partial charge is 0.0654 e. The van der Waals surface area contributed by atoms with Crippen LogP contribution in [0.3, 0.4) is 0 Å². The average Bonchev–Trinajstić information content (AvgIpc) is 3.08. The van der Waals surface area contributed by atoms with E-state index < -0.39 is 0 Å². The van der Waals surface area contributed by atoms with Crippen molar-refractivity contribution in [3.8, 4) is 0 Å². The molecule has 0 fully saturated rings. The maximum atomic E-state index is 3.61. The van der Waals surface area contributed by atoms with Gasteiger partial charge in [-0.15, -0.1) is 0 Å². The second kappa shape index (κ2) is 14.0. The molecule has 46 heavy (non-hydrogen) atoms. The standard InChI is InChI=1S/C46H40/c1-2-3-4-5-6-7-8-9-10-11-26-40-41-27-16-22-35-19-13-12-18-34-20-14-24-38-31-39-25-15-21-36(44(39)32-43(34)38)29-30-37-23-17-28-42(40)46(37)33-45(35)41/h14-17,20-25,27-28,31-33H,2-11,26H2,1H3. The molecule has 224 valence electrons. The molecular formula is C46H40. The molecule has 7 rings (SSSR count). The van der Waals surface area contributed by atoms with Gasteiger partial charge in [0.05, 0.1) is 0 Å². The topological polar surface area (TPSA) is 0 Å². The van der Waals surface area contributed by atoms with Crippen molar-refractivity contribution in [3.05, 3.63) is 133 Å². The molecular weight excluding hydrogens is 553 g/mol. The van der Waals surface area contributed by atoms with E-state index in [-0.39, 0.29) is 0 Å². The summed E-state index contributed by atoms with van der Waals surface area (Å²) in [4.78, 5) is 0. The summed E-state index contributed by atoms with van der Waals surface area (Å²) in [5.74, 6) is 0. The second-order valence-corrected chi connectivity index (χ2v) is 12.7. The Bertz CT molecular complexity index is 2200. The molecule has 7 aromatic carbocycles. The van der Waals surface area contributed by atoms with Crippen LogP contribution in [0.1, 0.15) is 76.7 Å². The van der Waals surface area contributed by atoms with Gasteiger partial charge >= 0.3 is 0 Å². The zero-order valence-electron chi connectivity index (χ0n) is 26.9. The van der Waals surface area contributed by atoms with E-state index in [0.717, 1.165) is 38.7 Å². The van der Waals surface area contributed by atoms with Crippen LogP contribution in [0.4, 0.5) is 0 Å². The Kier molecular flexibility index (Phi) is 9.04. The summed E-state index contributed by atoms with van der Waals surface area (Å²) in [6, 6.07) is 53.2. The Morgan fingerprint density at radius 1 is 0.391 bits per heavy atom. The van der Waals surface area contributed by atoms with Gasteiger partial charge in [-0.05, 0) is 116 Å². The molecule has 0 heteroatoms. The van der Waals surface area contributed by atoms with Gasteiger partial charge in [-0.2, -0.15) is 0 Å². The number of benzene rings is 6. The van der Waals surface area contributed by atoms with Gasteiger partial charge in [0.1, 0.15) is 0 Å². The SMILES string of the molecule is CCCCCCCCCCCCc1c2cccc3c#cc#cc4cccc5cc6cccc(c#cc7cccc1c7cc32)c6cc45. The van der Waals surface area contributed by atoms with Crippen molar-refractivity contribution in [1.82, 2.24) is 0 Å².